The molecule has 29 heavy (non-hydrogen) atoms. The number of nitrogens with zero attached hydrogens (tertiary/aromatic N) is 3. The first-order valence-electron chi connectivity index (χ1n) is 8.92. The number of carbonyl (C=O) groups is 2. The Labute approximate surface area is 172 Å². The van der Waals surface area contributed by atoms with Gasteiger partial charge in [0.2, 0.25) is 0 Å². The number of anilines is 1. The maximum absolute atomic E-state index is 12.6. The second-order valence-corrected chi connectivity index (χ2v) is 6.76. The molecule has 0 aliphatic rings. The molecule has 0 spiro atoms. The van der Waals surface area contributed by atoms with Gasteiger partial charge < -0.3 is 14.2 Å². The first kappa shape index (κ1) is 20.4. The van der Waals surface area contributed by atoms with Gasteiger partial charge in [0.1, 0.15) is 5.69 Å². The highest BCUT2D eigenvalue weighted by atomic mass is 35.5. The number of hydrogen-bond acceptors (Lipinski definition) is 6. The second-order valence-electron chi connectivity index (χ2n) is 6.35. The predicted molar refractivity (Wildman–Crippen MR) is 107 cm³/mol. The first-order valence-corrected chi connectivity index (χ1v) is 9.29. The van der Waals surface area contributed by atoms with E-state index in [4.69, 9.17) is 26.1 Å². The average Bonchev–Trinajstić information content (AvgIpc) is 3.12. The Morgan fingerprint density at radius 1 is 1.28 bits per heavy atom. The minimum atomic E-state index is -0.593. The summed E-state index contributed by atoms with van der Waals surface area (Å²) in [4.78, 5) is 26.2. The van der Waals surface area contributed by atoms with Gasteiger partial charge in [0.05, 0.1) is 18.9 Å². The number of nitriles is 1. The number of carbonyl (C=O) groups excluding carboxylic acids is 2. The lowest BCUT2D eigenvalue weighted by Gasteiger charge is -2.22. The van der Waals surface area contributed by atoms with E-state index in [0.29, 0.717) is 22.0 Å². The van der Waals surface area contributed by atoms with Crippen LogP contribution in [0.25, 0.3) is 11.0 Å². The van der Waals surface area contributed by atoms with Crippen LogP contribution in [-0.4, -0.2) is 30.2 Å². The highest BCUT2D eigenvalue weighted by molar-refractivity contribution is 6.31. The van der Waals surface area contributed by atoms with Crippen molar-refractivity contribution in [2.24, 2.45) is 0 Å². The van der Waals surface area contributed by atoms with Gasteiger partial charge in [-0.2, -0.15) is 5.26 Å². The van der Waals surface area contributed by atoms with Crippen molar-refractivity contribution in [3.8, 4) is 6.07 Å². The van der Waals surface area contributed by atoms with E-state index in [0.717, 1.165) is 10.9 Å². The number of fused-ring (bicyclic) bond motifs is 1. The third-order valence-corrected chi connectivity index (χ3v) is 4.75. The Hall–Kier alpha value is -3.37. The minimum absolute atomic E-state index is 0.109. The molecule has 3 rings (SSSR count). The number of aromatic nitrogens is 1. The number of ether oxygens (including phenoxy) is 1. The van der Waals surface area contributed by atoms with Crippen LogP contribution in [0, 0.1) is 18.3 Å². The van der Waals surface area contributed by atoms with Crippen molar-refractivity contribution < 1.29 is 18.8 Å². The summed E-state index contributed by atoms with van der Waals surface area (Å²) < 4.78 is 10.3. The Kier molecular flexibility index (Phi) is 6.47. The van der Waals surface area contributed by atoms with Gasteiger partial charge in [-0.3, -0.25) is 9.59 Å². The lowest BCUT2D eigenvalue weighted by molar-refractivity contribution is -0.147. The van der Waals surface area contributed by atoms with E-state index in [2.05, 4.69) is 5.16 Å². The van der Waals surface area contributed by atoms with E-state index >= 15 is 0 Å². The normalized spacial score (nSPS) is 10.5. The Morgan fingerprint density at radius 2 is 2.07 bits per heavy atom. The van der Waals surface area contributed by atoms with Gasteiger partial charge in [0.15, 0.2) is 12.2 Å². The molecule has 2 aromatic carbocycles. The highest BCUT2D eigenvalue weighted by Gasteiger charge is 2.19. The Bertz CT molecular complexity index is 1090. The SMILES string of the molecule is Cc1cc(N(CCC#N)C(=O)COC(=O)Cc2noc3ccccc23)ccc1Cl. The van der Waals surface area contributed by atoms with Crippen LogP contribution in [-0.2, 0) is 20.7 Å². The standard InChI is InChI=1S/C21H18ClN3O4/c1-14-11-15(7-8-17(14)22)25(10-4-9-23)20(26)13-28-21(27)12-18-16-5-2-3-6-19(16)29-24-18/h2-3,5-8,11H,4,10,12-13H2,1H3. The Morgan fingerprint density at radius 3 is 2.83 bits per heavy atom. The molecule has 3 aromatic rings. The molecule has 0 fully saturated rings. The number of aryl methyl sites for hydroxylation is 1. The van der Waals surface area contributed by atoms with Gasteiger partial charge in [-0.25, -0.2) is 0 Å². The third kappa shape index (κ3) is 4.92. The number of esters is 1. The van der Waals surface area contributed by atoms with Crippen LogP contribution in [0.5, 0.6) is 0 Å². The quantitative estimate of drug-likeness (QED) is 0.548. The molecule has 0 radical (unpaired) electrons. The zero-order valence-electron chi connectivity index (χ0n) is 15.7. The molecule has 1 heterocycles. The van der Waals surface area contributed by atoms with Crippen molar-refractivity contribution in [2.75, 3.05) is 18.1 Å². The van der Waals surface area contributed by atoms with Crippen LogP contribution >= 0.6 is 11.6 Å². The summed E-state index contributed by atoms with van der Waals surface area (Å²) in [7, 11) is 0. The van der Waals surface area contributed by atoms with Gasteiger partial charge in [0, 0.05) is 22.6 Å². The van der Waals surface area contributed by atoms with Crippen molar-refractivity contribution in [2.45, 2.75) is 19.8 Å². The highest BCUT2D eigenvalue weighted by Crippen LogP contribution is 2.23. The van der Waals surface area contributed by atoms with E-state index in [-0.39, 0.29) is 19.4 Å². The molecule has 0 aliphatic carbocycles. The molecule has 1 aromatic heterocycles. The van der Waals surface area contributed by atoms with Crippen molar-refractivity contribution in [3.05, 3.63) is 58.7 Å². The van der Waals surface area contributed by atoms with Crippen LogP contribution in [0.2, 0.25) is 5.02 Å². The summed E-state index contributed by atoms with van der Waals surface area (Å²) in [5.41, 5.74) is 2.42. The van der Waals surface area contributed by atoms with Gasteiger partial charge in [-0.15, -0.1) is 0 Å². The lowest BCUT2D eigenvalue weighted by atomic mass is 10.2. The topological polar surface area (TPSA) is 96.4 Å². The summed E-state index contributed by atoms with van der Waals surface area (Å²) in [6.07, 6.45) is 0.0365. The zero-order valence-corrected chi connectivity index (χ0v) is 16.5. The van der Waals surface area contributed by atoms with Crippen molar-refractivity contribution in [1.82, 2.24) is 5.16 Å². The van der Waals surface area contributed by atoms with Crippen LogP contribution < -0.4 is 4.90 Å². The number of rotatable bonds is 7. The van der Waals surface area contributed by atoms with E-state index in [9.17, 15) is 9.59 Å². The van der Waals surface area contributed by atoms with E-state index < -0.39 is 18.5 Å². The summed E-state index contributed by atoms with van der Waals surface area (Å²) >= 11 is 6.04. The molecule has 0 unspecified atom stereocenters. The van der Waals surface area contributed by atoms with Gasteiger partial charge in [0.25, 0.3) is 5.91 Å². The number of halogens is 1. The van der Waals surface area contributed by atoms with E-state index in [1.54, 1.807) is 30.3 Å². The molecular weight excluding hydrogens is 394 g/mol. The molecule has 1 amide bonds. The van der Waals surface area contributed by atoms with E-state index in [1.807, 2.05) is 25.1 Å². The fourth-order valence-corrected chi connectivity index (χ4v) is 2.95. The van der Waals surface area contributed by atoms with Crippen molar-refractivity contribution in [3.63, 3.8) is 0 Å². The molecule has 0 atom stereocenters. The summed E-state index contributed by atoms with van der Waals surface area (Å²) in [5, 5.41) is 14.1. The maximum atomic E-state index is 12.6. The predicted octanol–water partition coefficient (Wildman–Crippen LogP) is 3.82. The molecular formula is C21H18ClN3O4. The second kappa shape index (κ2) is 9.22. The fraction of sp³-hybridized carbons (Fsp3) is 0.238. The van der Waals surface area contributed by atoms with E-state index in [1.165, 1.54) is 4.90 Å². The van der Waals surface area contributed by atoms with Crippen LogP contribution in [0.1, 0.15) is 17.7 Å². The molecule has 148 valence electrons. The van der Waals surface area contributed by atoms with Crippen LogP contribution in [0.4, 0.5) is 5.69 Å². The summed E-state index contributed by atoms with van der Waals surface area (Å²) in [6, 6.07) is 14.3. The van der Waals surface area contributed by atoms with Gasteiger partial charge >= 0.3 is 5.97 Å². The monoisotopic (exact) mass is 411 g/mol. The Balaban J connectivity index is 1.65. The molecule has 0 saturated carbocycles. The van der Waals surface area contributed by atoms with Crippen LogP contribution in [0.3, 0.4) is 0 Å². The van der Waals surface area contributed by atoms with Crippen LogP contribution in [0.15, 0.2) is 47.0 Å². The third-order valence-electron chi connectivity index (χ3n) is 4.32. The number of benzene rings is 2. The number of para-hydroxylation sites is 1. The zero-order chi connectivity index (χ0) is 20.8. The molecule has 0 bridgehead atoms. The largest absolute Gasteiger partial charge is 0.455 e. The maximum Gasteiger partial charge on any atom is 0.312 e. The molecule has 0 N–H and O–H groups in total. The smallest absolute Gasteiger partial charge is 0.312 e. The van der Waals surface area contributed by atoms with Gasteiger partial charge in [-0.1, -0.05) is 28.9 Å². The lowest BCUT2D eigenvalue weighted by Crippen LogP contribution is -2.35. The minimum Gasteiger partial charge on any atom is -0.455 e. The first-order chi connectivity index (χ1) is 14.0. The number of hydrogen-bond donors (Lipinski definition) is 0. The fourth-order valence-electron chi connectivity index (χ4n) is 2.83. The van der Waals surface area contributed by atoms with Gasteiger partial charge in [-0.05, 0) is 42.8 Å². The summed E-state index contributed by atoms with van der Waals surface area (Å²) in [5.74, 6) is -1.02. The molecule has 0 aliphatic heterocycles. The molecule has 7 nitrogen and oxygen atoms in total. The summed E-state index contributed by atoms with van der Waals surface area (Å²) in [6.45, 7) is 1.56. The van der Waals surface area contributed by atoms with Crippen molar-refractivity contribution in [1.29, 1.82) is 5.26 Å². The molecule has 8 heteroatoms. The molecule has 0 saturated heterocycles. The average molecular weight is 412 g/mol. The number of amides is 1. The van der Waals surface area contributed by atoms with Crippen molar-refractivity contribution >= 4 is 40.1 Å².